The zero-order chi connectivity index (χ0) is 29.0. The molecule has 3 aromatic rings. The maximum Gasteiger partial charge on any atom is 0.490 e. The number of alkyl halides is 6. The van der Waals surface area contributed by atoms with Crippen molar-refractivity contribution in [2.45, 2.75) is 25.5 Å². The van der Waals surface area contributed by atoms with E-state index in [1.807, 2.05) is 18.0 Å². The van der Waals surface area contributed by atoms with Crippen LogP contribution >= 0.6 is 0 Å². The first-order chi connectivity index (χ1) is 18.2. The molecule has 0 spiro atoms. The highest BCUT2D eigenvalue weighted by Gasteiger charge is 2.38. The summed E-state index contributed by atoms with van der Waals surface area (Å²) in [5.41, 5.74) is -0.669. The lowest BCUT2D eigenvalue weighted by molar-refractivity contribution is -0.192. The van der Waals surface area contributed by atoms with Gasteiger partial charge < -0.3 is 19.5 Å². The molecule has 0 atom stereocenters. The normalized spacial score (nSPS) is 12.6. The van der Waals surface area contributed by atoms with Crippen molar-refractivity contribution in [1.29, 1.82) is 5.26 Å². The third kappa shape index (κ3) is 7.37. The minimum atomic E-state index is -5.08. The van der Waals surface area contributed by atoms with Crippen LogP contribution in [0.15, 0.2) is 47.5 Å². The Hall–Kier alpha value is -4.81. The monoisotopic (exact) mass is 557 g/mol. The van der Waals surface area contributed by atoms with Crippen LogP contribution in [0.2, 0.25) is 0 Å². The Morgan fingerprint density at radius 2 is 1.82 bits per heavy atom. The van der Waals surface area contributed by atoms with E-state index >= 15 is 0 Å². The molecule has 0 bridgehead atoms. The van der Waals surface area contributed by atoms with Crippen molar-refractivity contribution in [2.75, 3.05) is 18.5 Å². The molecule has 2 aromatic heterocycles. The van der Waals surface area contributed by atoms with Crippen molar-refractivity contribution in [3.05, 3.63) is 69.9 Å². The number of benzene rings is 1. The fourth-order valence-electron chi connectivity index (χ4n) is 3.20. The summed E-state index contributed by atoms with van der Waals surface area (Å²) >= 11 is 0. The Balaban J connectivity index is 0.000000532. The highest BCUT2D eigenvalue weighted by molar-refractivity contribution is 5.73. The summed E-state index contributed by atoms with van der Waals surface area (Å²) in [4.78, 5) is 30.4. The number of ether oxygens (including phenoxy) is 2. The van der Waals surface area contributed by atoms with E-state index in [0.717, 1.165) is 12.3 Å². The van der Waals surface area contributed by atoms with Crippen molar-refractivity contribution in [1.82, 2.24) is 14.5 Å². The summed E-state index contributed by atoms with van der Waals surface area (Å²) < 4.78 is 82.9. The number of nitrogens with zero attached hydrogens (tertiary/aromatic N) is 5. The molecule has 3 heterocycles. The second-order valence-electron chi connectivity index (χ2n) is 7.85. The molecule has 1 aliphatic rings. The van der Waals surface area contributed by atoms with Gasteiger partial charge in [-0.25, -0.2) is 9.59 Å². The second-order valence-corrected chi connectivity index (χ2v) is 7.85. The molecule has 4 rings (SSSR count). The van der Waals surface area contributed by atoms with Gasteiger partial charge in [0.05, 0.1) is 17.3 Å². The first-order valence-corrected chi connectivity index (χ1v) is 10.7. The van der Waals surface area contributed by atoms with Crippen molar-refractivity contribution in [3.63, 3.8) is 0 Å². The van der Waals surface area contributed by atoms with Crippen LogP contribution in [0.1, 0.15) is 16.7 Å². The van der Waals surface area contributed by atoms with Gasteiger partial charge in [0.15, 0.2) is 0 Å². The van der Waals surface area contributed by atoms with Crippen LogP contribution in [-0.2, 0) is 24.1 Å². The second kappa shape index (κ2) is 11.3. The predicted octanol–water partition coefficient (Wildman–Crippen LogP) is 3.98. The molecule has 16 heteroatoms. The Bertz CT molecular complexity index is 1470. The molecule has 1 aromatic carbocycles. The van der Waals surface area contributed by atoms with E-state index in [1.54, 1.807) is 16.7 Å². The molecule has 1 N–H and O–H groups in total. The SMILES string of the molecule is CN1CCn2c1cc(OCc1ccc(Oc3cncc(C(F)(F)F)c3)c(C#N)c1)nc2=O.O=C(O)C(F)(F)F. The highest BCUT2D eigenvalue weighted by atomic mass is 19.4. The van der Waals surface area contributed by atoms with E-state index in [-0.39, 0.29) is 29.5 Å². The minimum absolute atomic E-state index is 0.0275. The molecular formula is C23H17F6N5O5. The molecule has 0 saturated carbocycles. The van der Waals surface area contributed by atoms with Crippen LogP contribution in [-0.4, -0.2) is 45.4 Å². The van der Waals surface area contributed by atoms with Crippen LogP contribution in [0.5, 0.6) is 17.4 Å². The third-order valence-corrected chi connectivity index (χ3v) is 5.08. The molecule has 0 radical (unpaired) electrons. The molecular weight excluding hydrogens is 540 g/mol. The Morgan fingerprint density at radius 3 is 2.44 bits per heavy atom. The number of aliphatic carboxylic acids is 1. The van der Waals surface area contributed by atoms with Gasteiger partial charge in [-0.2, -0.15) is 36.6 Å². The number of carboxylic acid groups (broad SMARTS) is 1. The standard InChI is InChI=1S/C21H16F3N5O3.C2HF3O2/c1-28-4-5-29-19(28)8-18(27-20(29)30)31-12-13-2-3-17(14(6-13)9-25)32-16-7-15(10-26-11-16)21(22,23)24;3-2(4,5)1(6)7/h2-3,6-8,10-11H,4-5,12H2,1H3;(H,6,7). The maximum atomic E-state index is 12.9. The molecule has 0 fully saturated rings. The number of fused-ring (bicyclic) bond motifs is 1. The predicted molar refractivity (Wildman–Crippen MR) is 120 cm³/mol. The van der Waals surface area contributed by atoms with Crippen molar-refractivity contribution in [3.8, 4) is 23.4 Å². The van der Waals surface area contributed by atoms with Crippen LogP contribution in [0, 0.1) is 11.3 Å². The van der Waals surface area contributed by atoms with Gasteiger partial charge >= 0.3 is 24.0 Å². The van der Waals surface area contributed by atoms with E-state index in [0.29, 0.717) is 30.7 Å². The summed E-state index contributed by atoms with van der Waals surface area (Å²) in [6, 6.07) is 8.96. The van der Waals surface area contributed by atoms with Gasteiger partial charge in [0.25, 0.3) is 0 Å². The molecule has 0 unspecified atom stereocenters. The number of rotatable bonds is 5. The van der Waals surface area contributed by atoms with E-state index in [4.69, 9.17) is 19.4 Å². The highest BCUT2D eigenvalue weighted by Crippen LogP contribution is 2.33. The van der Waals surface area contributed by atoms with Crippen LogP contribution < -0.4 is 20.1 Å². The quantitative estimate of drug-likeness (QED) is 0.463. The van der Waals surface area contributed by atoms with Gasteiger partial charge in [-0.3, -0.25) is 9.55 Å². The van der Waals surface area contributed by atoms with Gasteiger partial charge in [-0.1, -0.05) is 6.07 Å². The third-order valence-electron chi connectivity index (χ3n) is 5.08. The van der Waals surface area contributed by atoms with E-state index in [9.17, 15) is 36.4 Å². The van der Waals surface area contributed by atoms with Crippen LogP contribution in [0.4, 0.5) is 32.2 Å². The first-order valence-electron chi connectivity index (χ1n) is 10.7. The number of halogens is 6. The van der Waals surface area contributed by atoms with Gasteiger partial charge in [0.2, 0.25) is 5.88 Å². The fourth-order valence-corrected chi connectivity index (χ4v) is 3.20. The summed E-state index contributed by atoms with van der Waals surface area (Å²) in [6.07, 6.45) is -7.83. The number of carboxylic acids is 1. The Morgan fingerprint density at radius 1 is 1.13 bits per heavy atom. The summed E-state index contributed by atoms with van der Waals surface area (Å²) in [5, 5.41) is 16.6. The van der Waals surface area contributed by atoms with Gasteiger partial charge in [0.1, 0.15) is 30.0 Å². The number of pyridine rings is 1. The zero-order valence-corrected chi connectivity index (χ0v) is 19.7. The molecule has 206 valence electrons. The summed E-state index contributed by atoms with van der Waals surface area (Å²) in [7, 11) is 1.86. The Labute approximate surface area is 215 Å². The molecule has 0 amide bonds. The zero-order valence-electron chi connectivity index (χ0n) is 19.7. The number of aromatic nitrogens is 3. The minimum Gasteiger partial charge on any atom is -0.475 e. The topological polar surface area (TPSA) is 131 Å². The number of nitriles is 1. The number of hydrogen-bond donors (Lipinski definition) is 1. The fraction of sp³-hybridized carbons (Fsp3) is 0.261. The first kappa shape index (κ1) is 28.8. The molecule has 0 saturated heterocycles. The molecule has 0 aliphatic carbocycles. The van der Waals surface area contributed by atoms with Crippen molar-refractivity contribution in [2.24, 2.45) is 0 Å². The van der Waals surface area contributed by atoms with Crippen molar-refractivity contribution < 1.29 is 45.7 Å². The largest absolute Gasteiger partial charge is 0.490 e. The number of anilines is 1. The summed E-state index contributed by atoms with van der Waals surface area (Å²) in [6.45, 7) is 1.29. The lowest BCUT2D eigenvalue weighted by Gasteiger charge is -2.13. The number of carbonyl (C=O) groups is 1. The lowest BCUT2D eigenvalue weighted by Crippen LogP contribution is -2.22. The number of hydrogen-bond acceptors (Lipinski definition) is 8. The van der Waals surface area contributed by atoms with E-state index in [1.165, 1.54) is 12.1 Å². The lowest BCUT2D eigenvalue weighted by atomic mass is 10.1. The van der Waals surface area contributed by atoms with Crippen LogP contribution in [0.3, 0.4) is 0 Å². The average molecular weight is 557 g/mol. The maximum absolute atomic E-state index is 12.9. The smallest absolute Gasteiger partial charge is 0.475 e. The van der Waals surface area contributed by atoms with E-state index in [2.05, 4.69) is 9.97 Å². The van der Waals surface area contributed by atoms with Crippen molar-refractivity contribution >= 4 is 11.8 Å². The average Bonchev–Trinajstić information content (AvgIpc) is 3.24. The molecule has 1 aliphatic heterocycles. The van der Waals surface area contributed by atoms with Gasteiger partial charge in [-0.05, 0) is 23.8 Å². The van der Waals surface area contributed by atoms with Crippen LogP contribution in [0.25, 0.3) is 0 Å². The van der Waals surface area contributed by atoms with E-state index < -0.39 is 29.6 Å². The van der Waals surface area contributed by atoms with Gasteiger partial charge in [-0.15, -0.1) is 0 Å². The molecule has 39 heavy (non-hydrogen) atoms. The van der Waals surface area contributed by atoms with Gasteiger partial charge in [0, 0.05) is 32.4 Å². The number of likely N-dealkylation sites (N-methyl/N-ethyl adjacent to an activating group) is 1. The molecule has 10 nitrogen and oxygen atoms in total. The summed E-state index contributed by atoms with van der Waals surface area (Å²) in [5.74, 6) is -1.97. The Kier molecular flexibility index (Phi) is 8.33.